The predicted molar refractivity (Wildman–Crippen MR) is 132 cm³/mol. The van der Waals surface area contributed by atoms with E-state index in [4.69, 9.17) is 23.2 Å². The van der Waals surface area contributed by atoms with Gasteiger partial charge in [0.05, 0.1) is 15.6 Å². The van der Waals surface area contributed by atoms with Crippen LogP contribution in [0, 0.1) is 6.92 Å². The Hall–Kier alpha value is -2.19. The van der Waals surface area contributed by atoms with E-state index in [0.29, 0.717) is 17.3 Å². The Labute approximate surface area is 202 Å². The van der Waals surface area contributed by atoms with Crippen molar-refractivity contribution in [2.75, 3.05) is 23.1 Å². The van der Waals surface area contributed by atoms with Crippen molar-refractivity contribution in [1.82, 2.24) is 5.32 Å². The highest BCUT2D eigenvalue weighted by Crippen LogP contribution is 2.30. The van der Waals surface area contributed by atoms with Gasteiger partial charge in [0.15, 0.2) is 0 Å². The molecule has 3 aromatic rings. The first-order chi connectivity index (χ1) is 15.3. The van der Waals surface area contributed by atoms with Crippen LogP contribution >= 0.6 is 35.0 Å². The summed E-state index contributed by atoms with van der Waals surface area (Å²) >= 11 is 13.7. The maximum Gasteiger partial charge on any atom is 0.264 e. The van der Waals surface area contributed by atoms with Crippen LogP contribution in [-0.2, 0) is 14.8 Å². The van der Waals surface area contributed by atoms with E-state index in [-0.39, 0.29) is 22.2 Å². The highest BCUT2D eigenvalue weighted by atomic mass is 35.5. The van der Waals surface area contributed by atoms with E-state index >= 15 is 0 Å². The Kier molecular flexibility index (Phi) is 8.48. The maximum atomic E-state index is 13.3. The molecule has 0 radical (unpaired) electrons. The minimum absolute atomic E-state index is 0.0918. The van der Waals surface area contributed by atoms with E-state index < -0.39 is 15.9 Å². The molecule has 0 atom stereocenters. The first-order valence-corrected chi connectivity index (χ1v) is 12.9. The van der Waals surface area contributed by atoms with Crippen LogP contribution in [0.3, 0.4) is 0 Å². The first-order valence-electron chi connectivity index (χ1n) is 9.76. The number of rotatable bonds is 9. The highest BCUT2D eigenvalue weighted by Gasteiger charge is 2.28. The summed E-state index contributed by atoms with van der Waals surface area (Å²) in [5.41, 5.74) is 1.18. The minimum Gasteiger partial charge on any atom is -0.354 e. The summed E-state index contributed by atoms with van der Waals surface area (Å²) in [4.78, 5) is 13.8. The number of para-hydroxylation sites is 1. The zero-order valence-electron chi connectivity index (χ0n) is 17.3. The number of carbonyl (C=O) groups excluding carboxylic acids is 1. The van der Waals surface area contributed by atoms with Gasteiger partial charge in [0, 0.05) is 22.2 Å². The summed E-state index contributed by atoms with van der Waals surface area (Å²) in [6, 6.07) is 20.5. The summed E-state index contributed by atoms with van der Waals surface area (Å²) in [7, 11) is -4.00. The van der Waals surface area contributed by atoms with Gasteiger partial charge in [0.25, 0.3) is 10.0 Å². The number of aryl methyl sites for hydroxylation is 1. The highest BCUT2D eigenvalue weighted by molar-refractivity contribution is 7.99. The molecule has 0 fully saturated rings. The van der Waals surface area contributed by atoms with Gasteiger partial charge in [-0.3, -0.25) is 9.10 Å². The number of nitrogens with one attached hydrogen (secondary N) is 1. The van der Waals surface area contributed by atoms with Crippen molar-refractivity contribution in [3.63, 3.8) is 0 Å². The fourth-order valence-electron chi connectivity index (χ4n) is 2.87. The van der Waals surface area contributed by atoms with Crippen molar-refractivity contribution in [3.8, 4) is 0 Å². The third kappa shape index (κ3) is 6.42. The second-order valence-electron chi connectivity index (χ2n) is 6.93. The molecule has 0 spiro atoms. The van der Waals surface area contributed by atoms with Crippen LogP contribution in [0.25, 0.3) is 0 Å². The SMILES string of the molecule is Cc1ccc(S(=O)(=O)N(CC(=O)NCCSc2ccc(Cl)cc2)c2ccccc2Cl)cc1. The molecular formula is C23H22Cl2N2O3S2. The molecule has 0 bridgehead atoms. The van der Waals surface area contributed by atoms with Crippen molar-refractivity contribution < 1.29 is 13.2 Å². The quantitative estimate of drug-likeness (QED) is 0.310. The third-order valence-corrected chi connectivity index (χ3v) is 7.88. The lowest BCUT2D eigenvalue weighted by Crippen LogP contribution is -2.41. The molecule has 0 saturated heterocycles. The molecule has 3 rings (SSSR count). The smallest absolute Gasteiger partial charge is 0.264 e. The fraction of sp³-hybridized carbons (Fsp3) is 0.174. The number of benzene rings is 3. The van der Waals surface area contributed by atoms with Gasteiger partial charge in [-0.05, 0) is 55.5 Å². The Morgan fingerprint density at radius 3 is 2.28 bits per heavy atom. The number of hydrogen-bond donors (Lipinski definition) is 1. The van der Waals surface area contributed by atoms with Gasteiger partial charge in [-0.2, -0.15) is 0 Å². The minimum atomic E-state index is -4.00. The Morgan fingerprint density at radius 2 is 1.62 bits per heavy atom. The number of nitrogens with zero attached hydrogens (tertiary/aromatic N) is 1. The van der Waals surface area contributed by atoms with Gasteiger partial charge in [0.2, 0.25) is 5.91 Å². The van der Waals surface area contributed by atoms with Crippen molar-refractivity contribution in [1.29, 1.82) is 0 Å². The van der Waals surface area contributed by atoms with Crippen LogP contribution in [-0.4, -0.2) is 33.2 Å². The monoisotopic (exact) mass is 508 g/mol. The van der Waals surface area contributed by atoms with Crippen LogP contribution in [0.1, 0.15) is 5.56 Å². The molecule has 0 saturated carbocycles. The number of sulfonamides is 1. The summed E-state index contributed by atoms with van der Waals surface area (Å²) in [6.07, 6.45) is 0. The average molecular weight is 509 g/mol. The summed E-state index contributed by atoms with van der Waals surface area (Å²) < 4.78 is 27.7. The molecular weight excluding hydrogens is 487 g/mol. The standard InChI is InChI=1S/C23H22Cl2N2O3S2/c1-17-6-12-20(13-7-17)32(29,30)27(22-5-3-2-4-21(22)25)16-23(28)26-14-15-31-19-10-8-18(24)9-11-19/h2-13H,14-16H2,1H3,(H,26,28). The van der Waals surface area contributed by atoms with Crippen LogP contribution in [0.5, 0.6) is 0 Å². The van der Waals surface area contributed by atoms with Gasteiger partial charge in [-0.1, -0.05) is 53.0 Å². The topological polar surface area (TPSA) is 66.5 Å². The van der Waals surface area contributed by atoms with E-state index in [0.717, 1.165) is 14.8 Å². The van der Waals surface area contributed by atoms with E-state index in [1.165, 1.54) is 12.1 Å². The van der Waals surface area contributed by atoms with E-state index in [9.17, 15) is 13.2 Å². The molecule has 0 heterocycles. The largest absolute Gasteiger partial charge is 0.354 e. The van der Waals surface area contributed by atoms with Gasteiger partial charge in [-0.15, -0.1) is 11.8 Å². The lowest BCUT2D eigenvalue weighted by atomic mass is 10.2. The molecule has 1 amide bonds. The van der Waals surface area contributed by atoms with Crippen LogP contribution in [0.4, 0.5) is 5.69 Å². The molecule has 3 aromatic carbocycles. The zero-order chi connectivity index (χ0) is 23.1. The molecule has 0 unspecified atom stereocenters. The summed E-state index contributed by atoms with van der Waals surface area (Å²) in [6.45, 7) is 1.87. The molecule has 168 valence electrons. The second kappa shape index (κ2) is 11.1. The number of hydrogen-bond acceptors (Lipinski definition) is 4. The normalized spacial score (nSPS) is 11.2. The predicted octanol–water partition coefficient (Wildman–Crippen LogP) is 5.41. The number of thioether (sulfide) groups is 1. The molecule has 32 heavy (non-hydrogen) atoms. The zero-order valence-corrected chi connectivity index (χ0v) is 20.4. The van der Waals surface area contributed by atoms with Crippen molar-refractivity contribution in [3.05, 3.63) is 88.4 Å². The van der Waals surface area contributed by atoms with Gasteiger partial charge < -0.3 is 5.32 Å². The lowest BCUT2D eigenvalue weighted by Gasteiger charge is -2.25. The first kappa shape index (κ1) is 24.5. The van der Waals surface area contributed by atoms with Crippen molar-refractivity contribution in [2.24, 2.45) is 0 Å². The van der Waals surface area contributed by atoms with Gasteiger partial charge in [-0.25, -0.2) is 8.42 Å². The van der Waals surface area contributed by atoms with Gasteiger partial charge >= 0.3 is 0 Å². The Bertz CT molecular complexity index is 1170. The summed E-state index contributed by atoms with van der Waals surface area (Å²) in [5.74, 6) is 0.210. The van der Waals surface area contributed by atoms with Crippen LogP contribution in [0.2, 0.25) is 10.0 Å². The van der Waals surface area contributed by atoms with E-state index in [2.05, 4.69) is 5.32 Å². The van der Waals surface area contributed by atoms with Crippen LogP contribution in [0.15, 0.2) is 82.6 Å². The number of carbonyl (C=O) groups is 1. The Morgan fingerprint density at radius 1 is 0.969 bits per heavy atom. The lowest BCUT2D eigenvalue weighted by molar-refractivity contribution is -0.119. The second-order valence-corrected chi connectivity index (χ2v) is 10.8. The van der Waals surface area contributed by atoms with Gasteiger partial charge in [0.1, 0.15) is 6.54 Å². The molecule has 0 aromatic heterocycles. The third-order valence-electron chi connectivity index (χ3n) is 4.52. The fourth-order valence-corrected chi connectivity index (χ4v) is 5.49. The number of amides is 1. The Balaban J connectivity index is 1.71. The molecule has 0 aliphatic heterocycles. The molecule has 1 N–H and O–H groups in total. The number of halogens is 2. The average Bonchev–Trinajstić information content (AvgIpc) is 2.77. The molecule has 9 heteroatoms. The molecule has 0 aliphatic carbocycles. The maximum absolute atomic E-state index is 13.3. The molecule has 0 aliphatic rings. The number of anilines is 1. The van der Waals surface area contributed by atoms with Crippen molar-refractivity contribution >= 4 is 56.6 Å². The molecule has 5 nitrogen and oxygen atoms in total. The van der Waals surface area contributed by atoms with E-state index in [1.54, 1.807) is 60.3 Å². The van der Waals surface area contributed by atoms with E-state index in [1.807, 2.05) is 19.1 Å². The van der Waals surface area contributed by atoms with Crippen molar-refractivity contribution in [2.45, 2.75) is 16.7 Å². The summed E-state index contributed by atoms with van der Waals surface area (Å²) in [5, 5.41) is 3.69. The van der Waals surface area contributed by atoms with Crippen LogP contribution < -0.4 is 9.62 Å².